The summed E-state index contributed by atoms with van der Waals surface area (Å²) >= 11 is 0. The number of rotatable bonds is 3. The van der Waals surface area contributed by atoms with Gasteiger partial charge in [0, 0.05) is 12.5 Å². The predicted octanol–water partition coefficient (Wildman–Crippen LogP) is 1.68. The second-order valence-electron chi connectivity index (χ2n) is 3.81. The molecule has 6 nitrogen and oxygen atoms in total. The molecule has 1 aliphatic rings. The zero-order chi connectivity index (χ0) is 13.1. The summed E-state index contributed by atoms with van der Waals surface area (Å²) in [5, 5.41) is 10.7. The van der Waals surface area contributed by atoms with Gasteiger partial charge < -0.3 is 9.47 Å². The van der Waals surface area contributed by atoms with Gasteiger partial charge in [0.2, 0.25) is 0 Å². The van der Waals surface area contributed by atoms with Gasteiger partial charge in [-0.05, 0) is 12.1 Å². The standard InChI is InChI=1S/C11H10FNO5/c12-7-1-2-10(13(15)16)9(5-7)11(14)18-8-3-4-17-6-8/h1-2,5,8H,3-4,6H2. The van der Waals surface area contributed by atoms with Crippen LogP contribution < -0.4 is 0 Å². The van der Waals surface area contributed by atoms with Gasteiger partial charge in [0.15, 0.2) is 0 Å². The van der Waals surface area contributed by atoms with E-state index in [0.29, 0.717) is 13.0 Å². The molecular formula is C11H10FNO5. The summed E-state index contributed by atoms with van der Waals surface area (Å²) in [6, 6.07) is 2.67. The van der Waals surface area contributed by atoms with Crippen LogP contribution in [0.1, 0.15) is 16.8 Å². The molecule has 1 aromatic carbocycles. The normalized spacial score (nSPS) is 18.6. The Morgan fingerprint density at radius 2 is 2.33 bits per heavy atom. The van der Waals surface area contributed by atoms with Crippen molar-refractivity contribution >= 4 is 11.7 Å². The van der Waals surface area contributed by atoms with Crippen LogP contribution >= 0.6 is 0 Å². The molecule has 1 atom stereocenters. The van der Waals surface area contributed by atoms with Crippen molar-refractivity contribution in [3.63, 3.8) is 0 Å². The van der Waals surface area contributed by atoms with E-state index >= 15 is 0 Å². The molecule has 0 N–H and O–H groups in total. The van der Waals surface area contributed by atoms with Gasteiger partial charge in [-0.15, -0.1) is 0 Å². The van der Waals surface area contributed by atoms with E-state index in [4.69, 9.17) is 9.47 Å². The molecule has 0 aliphatic carbocycles. The minimum Gasteiger partial charge on any atom is -0.456 e. The fourth-order valence-electron chi connectivity index (χ4n) is 1.65. The second-order valence-corrected chi connectivity index (χ2v) is 3.81. The van der Waals surface area contributed by atoms with Crippen LogP contribution in [0.5, 0.6) is 0 Å². The topological polar surface area (TPSA) is 78.7 Å². The molecule has 18 heavy (non-hydrogen) atoms. The van der Waals surface area contributed by atoms with Gasteiger partial charge in [0.05, 0.1) is 18.1 Å². The number of esters is 1. The van der Waals surface area contributed by atoms with E-state index in [-0.39, 0.29) is 12.2 Å². The molecule has 1 aliphatic heterocycles. The minimum atomic E-state index is -0.906. The highest BCUT2D eigenvalue weighted by Gasteiger charge is 2.26. The van der Waals surface area contributed by atoms with Crippen LogP contribution in [0.2, 0.25) is 0 Å². The van der Waals surface area contributed by atoms with Gasteiger partial charge >= 0.3 is 5.97 Å². The molecule has 0 amide bonds. The molecule has 1 saturated heterocycles. The van der Waals surface area contributed by atoms with Crippen LogP contribution in [0.4, 0.5) is 10.1 Å². The molecule has 0 spiro atoms. The lowest BCUT2D eigenvalue weighted by molar-refractivity contribution is -0.385. The second kappa shape index (κ2) is 5.09. The molecule has 1 unspecified atom stereocenters. The van der Waals surface area contributed by atoms with Crippen LogP contribution in [0.3, 0.4) is 0 Å². The number of halogens is 1. The van der Waals surface area contributed by atoms with Crippen LogP contribution in [0.25, 0.3) is 0 Å². The summed E-state index contributed by atoms with van der Waals surface area (Å²) in [6.45, 7) is 0.734. The van der Waals surface area contributed by atoms with E-state index < -0.39 is 28.5 Å². The molecule has 2 rings (SSSR count). The number of hydrogen-bond acceptors (Lipinski definition) is 5. The Kier molecular flexibility index (Phi) is 3.52. The van der Waals surface area contributed by atoms with Crippen molar-refractivity contribution in [2.45, 2.75) is 12.5 Å². The van der Waals surface area contributed by atoms with Gasteiger partial charge in [0.1, 0.15) is 17.5 Å². The van der Waals surface area contributed by atoms with Gasteiger partial charge in [0.25, 0.3) is 5.69 Å². The first-order valence-electron chi connectivity index (χ1n) is 5.30. The minimum absolute atomic E-state index is 0.259. The molecule has 0 radical (unpaired) electrons. The summed E-state index contributed by atoms with van der Waals surface area (Å²) in [7, 11) is 0. The summed E-state index contributed by atoms with van der Waals surface area (Å²) < 4.78 is 23.0. The van der Waals surface area contributed by atoms with E-state index in [1.54, 1.807) is 0 Å². The van der Waals surface area contributed by atoms with Gasteiger partial charge in [-0.2, -0.15) is 0 Å². The molecule has 1 fully saturated rings. The van der Waals surface area contributed by atoms with Crippen LogP contribution in [-0.2, 0) is 9.47 Å². The van der Waals surface area contributed by atoms with Gasteiger partial charge in [-0.25, -0.2) is 9.18 Å². The van der Waals surface area contributed by atoms with Crippen molar-refractivity contribution in [2.75, 3.05) is 13.2 Å². The summed E-state index contributed by atoms with van der Waals surface area (Å²) in [5.74, 6) is -1.63. The number of benzene rings is 1. The van der Waals surface area contributed by atoms with Crippen molar-refractivity contribution in [1.29, 1.82) is 0 Å². The number of nitrogens with zero attached hydrogens (tertiary/aromatic N) is 1. The van der Waals surface area contributed by atoms with Crippen molar-refractivity contribution < 1.29 is 23.6 Å². The van der Waals surface area contributed by atoms with Crippen molar-refractivity contribution in [1.82, 2.24) is 0 Å². The first-order valence-corrected chi connectivity index (χ1v) is 5.30. The molecule has 0 saturated carbocycles. The van der Waals surface area contributed by atoms with Crippen LogP contribution in [-0.4, -0.2) is 30.2 Å². The maximum absolute atomic E-state index is 13.0. The predicted molar refractivity (Wildman–Crippen MR) is 57.7 cm³/mol. The van der Waals surface area contributed by atoms with E-state index in [2.05, 4.69) is 0 Å². The lowest BCUT2D eigenvalue weighted by Gasteiger charge is -2.10. The SMILES string of the molecule is O=C(OC1CCOC1)c1cc(F)ccc1[N+](=O)[O-]. The third kappa shape index (κ3) is 2.62. The highest BCUT2D eigenvalue weighted by atomic mass is 19.1. The quantitative estimate of drug-likeness (QED) is 0.466. The average Bonchev–Trinajstić information content (AvgIpc) is 2.81. The van der Waals surface area contributed by atoms with E-state index in [1.165, 1.54) is 0 Å². The maximum atomic E-state index is 13.0. The highest BCUT2D eigenvalue weighted by molar-refractivity contribution is 5.94. The molecule has 1 aromatic rings. The first-order chi connectivity index (χ1) is 8.58. The van der Waals surface area contributed by atoms with Crippen molar-refractivity contribution in [2.24, 2.45) is 0 Å². The van der Waals surface area contributed by atoms with E-state index in [0.717, 1.165) is 18.2 Å². The van der Waals surface area contributed by atoms with Crippen LogP contribution in [0.15, 0.2) is 18.2 Å². The van der Waals surface area contributed by atoms with E-state index in [1.807, 2.05) is 0 Å². The number of carbonyl (C=O) groups is 1. The molecule has 0 aromatic heterocycles. The largest absolute Gasteiger partial charge is 0.456 e. The summed E-state index contributed by atoms with van der Waals surface area (Å²) in [5.41, 5.74) is -0.854. The summed E-state index contributed by atoms with van der Waals surface area (Å²) in [4.78, 5) is 21.7. The fraction of sp³-hybridized carbons (Fsp3) is 0.364. The first kappa shape index (κ1) is 12.4. The number of ether oxygens (including phenoxy) is 2. The Morgan fingerprint density at radius 3 is 2.94 bits per heavy atom. The molecule has 7 heteroatoms. The van der Waals surface area contributed by atoms with Crippen molar-refractivity contribution in [3.8, 4) is 0 Å². The zero-order valence-electron chi connectivity index (χ0n) is 9.30. The lowest BCUT2D eigenvalue weighted by atomic mass is 10.1. The molecule has 96 valence electrons. The monoisotopic (exact) mass is 255 g/mol. The highest BCUT2D eigenvalue weighted by Crippen LogP contribution is 2.22. The maximum Gasteiger partial charge on any atom is 0.345 e. The summed E-state index contributed by atoms with van der Waals surface area (Å²) in [6.07, 6.45) is 0.106. The smallest absolute Gasteiger partial charge is 0.345 e. The van der Waals surface area contributed by atoms with E-state index in [9.17, 15) is 19.3 Å². The number of carbonyl (C=O) groups excluding carboxylic acids is 1. The van der Waals surface area contributed by atoms with Crippen LogP contribution in [0, 0.1) is 15.9 Å². The lowest BCUT2D eigenvalue weighted by Crippen LogP contribution is -2.19. The van der Waals surface area contributed by atoms with Crippen molar-refractivity contribution in [3.05, 3.63) is 39.7 Å². The molecule has 1 heterocycles. The van der Waals surface area contributed by atoms with Gasteiger partial charge in [-0.1, -0.05) is 0 Å². The number of nitro groups is 1. The fourth-order valence-corrected chi connectivity index (χ4v) is 1.65. The average molecular weight is 255 g/mol. The Bertz CT molecular complexity index is 484. The Morgan fingerprint density at radius 1 is 1.56 bits per heavy atom. The zero-order valence-corrected chi connectivity index (χ0v) is 9.30. The Balaban J connectivity index is 2.22. The van der Waals surface area contributed by atoms with Gasteiger partial charge in [-0.3, -0.25) is 10.1 Å². The number of nitro benzene ring substituents is 1. The third-order valence-electron chi connectivity index (χ3n) is 2.54. The Labute approximate surface area is 101 Å². The number of hydrogen-bond donors (Lipinski definition) is 0. The molecular weight excluding hydrogens is 245 g/mol. The Hall–Kier alpha value is -2.02. The molecule has 0 bridgehead atoms. The third-order valence-corrected chi connectivity index (χ3v) is 2.54.